The monoisotopic (exact) mass is 287 g/mol. The molecule has 20 heavy (non-hydrogen) atoms. The number of hydrogen-bond acceptors (Lipinski definition) is 3. The summed E-state index contributed by atoms with van der Waals surface area (Å²) < 4.78 is 0. The first kappa shape index (κ1) is 13.2. The lowest BCUT2D eigenvalue weighted by molar-refractivity contribution is -0.178. The Balaban J connectivity index is 1.81. The standard InChI is InChI=1S/C16H14ClNO2/c17-14-8-6-13(7-9-14)15-10-16(19)20-18(15)11-12-4-2-1-3-5-12/h1-9,15H,10-11H2/t15-/m0/s1. The number of halogens is 1. The van der Waals surface area contributed by atoms with E-state index in [0.717, 1.165) is 11.1 Å². The molecule has 1 aliphatic heterocycles. The molecule has 0 radical (unpaired) electrons. The van der Waals surface area contributed by atoms with Crippen molar-refractivity contribution in [2.24, 2.45) is 0 Å². The van der Waals surface area contributed by atoms with Crippen LogP contribution < -0.4 is 0 Å². The summed E-state index contributed by atoms with van der Waals surface area (Å²) in [5.41, 5.74) is 2.15. The van der Waals surface area contributed by atoms with Gasteiger partial charge in [0.1, 0.15) is 0 Å². The third-order valence-electron chi connectivity index (χ3n) is 3.36. The Morgan fingerprint density at radius 2 is 1.80 bits per heavy atom. The number of nitrogens with zero attached hydrogens (tertiary/aromatic N) is 1. The Labute approximate surface area is 122 Å². The SMILES string of the molecule is O=C1C[C@@H](c2ccc(Cl)cc2)N(Cc2ccccc2)O1. The van der Waals surface area contributed by atoms with Crippen LogP contribution in [0.3, 0.4) is 0 Å². The van der Waals surface area contributed by atoms with Crippen molar-refractivity contribution in [1.29, 1.82) is 0 Å². The molecule has 1 fully saturated rings. The number of carbonyl (C=O) groups is 1. The van der Waals surface area contributed by atoms with E-state index < -0.39 is 0 Å². The number of benzene rings is 2. The predicted octanol–water partition coefficient (Wildman–Crippen LogP) is 3.75. The number of hydroxylamine groups is 2. The second kappa shape index (κ2) is 5.65. The van der Waals surface area contributed by atoms with Crippen molar-refractivity contribution in [2.45, 2.75) is 19.0 Å². The van der Waals surface area contributed by atoms with Crippen molar-refractivity contribution in [3.8, 4) is 0 Å². The summed E-state index contributed by atoms with van der Waals surface area (Å²) in [6.45, 7) is 0.583. The molecule has 0 N–H and O–H groups in total. The average molecular weight is 288 g/mol. The van der Waals surface area contributed by atoms with Crippen molar-refractivity contribution >= 4 is 17.6 Å². The smallest absolute Gasteiger partial charge is 0.327 e. The lowest BCUT2D eigenvalue weighted by atomic mass is 10.0. The quantitative estimate of drug-likeness (QED) is 0.861. The molecular weight excluding hydrogens is 274 g/mol. The van der Waals surface area contributed by atoms with Gasteiger partial charge in [0, 0.05) is 5.02 Å². The fourth-order valence-corrected chi connectivity index (χ4v) is 2.49. The van der Waals surface area contributed by atoms with Gasteiger partial charge < -0.3 is 4.84 Å². The molecule has 3 rings (SSSR count). The van der Waals surface area contributed by atoms with Gasteiger partial charge in [0.25, 0.3) is 0 Å². The molecule has 0 spiro atoms. The molecule has 2 aromatic rings. The van der Waals surface area contributed by atoms with Gasteiger partial charge in [0.15, 0.2) is 0 Å². The van der Waals surface area contributed by atoms with Crippen molar-refractivity contribution in [3.63, 3.8) is 0 Å². The first-order valence-electron chi connectivity index (χ1n) is 6.49. The lowest BCUT2D eigenvalue weighted by Gasteiger charge is -2.21. The molecule has 4 heteroatoms. The van der Waals surface area contributed by atoms with Gasteiger partial charge in [-0.2, -0.15) is 0 Å². The van der Waals surface area contributed by atoms with E-state index in [9.17, 15) is 4.79 Å². The van der Waals surface area contributed by atoms with E-state index in [0.29, 0.717) is 18.0 Å². The molecule has 1 aliphatic rings. The van der Waals surface area contributed by atoms with Crippen molar-refractivity contribution in [1.82, 2.24) is 5.06 Å². The van der Waals surface area contributed by atoms with Crippen LogP contribution in [-0.2, 0) is 16.2 Å². The molecule has 2 aromatic carbocycles. The van der Waals surface area contributed by atoms with Crippen LogP contribution in [0.25, 0.3) is 0 Å². The maximum Gasteiger partial charge on any atom is 0.327 e. The third-order valence-corrected chi connectivity index (χ3v) is 3.61. The fourth-order valence-electron chi connectivity index (χ4n) is 2.37. The number of carbonyl (C=O) groups excluding carboxylic acids is 1. The van der Waals surface area contributed by atoms with Crippen LogP contribution >= 0.6 is 11.6 Å². The van der Waals surface area contributed by atoms with E-state index in [2.05, 4.69) is 0 Å². The van der Waals surface area contributed by atoms with Crippen LogP contribution in [0.1, 0.15) is 23.6 Å². The topological polar surface area (TPSA) is 29.5 Å². The predicted molar refractivity (Wildman–Crippen MR) is 76.9 cm³/mol. The molecule has 1 atom stereocenters. The average Bonchev–Trinajstić information content (AvgIpc) is 2.81. The second-order valence-corrected chi connectivity index (χ2v) is 5.23. The Morgan fingerprint density at radius 3 is 2.50 bits per heavy atom. The molecule has 0 amide bonds. The molecule has 1 saturated heterocycles. The first-order chi connectivity index (χ1) is 9.72. The highest BCUT2D eigenvalue weighted by molar-refractivity contribution is 6.30. The maximum atomic E-state index is 11.6. The summed E-state index contributed by atoms with van der Waals surface area (Å²) in [7, 11) is 0. The first-order valence-corrected chi connectivity index (χ1v) is 6.87. The van der Waals surface area contributed by atoms with Gasteiger partial charge >= 0.3 is 5.97 Å². The van der Waals surface area contributed by atoms with Crippen molar-refractivity contribution < 1.29 is 9.63 Å². The van der Waals surface area contributed by atoms with Crippen LogP contribution in [-0.4, -0.2) is 11.0 Å². The number of rotatable bonds is 3. The minimum Gasteiger partial charge on any atom is -0.367 e. The van der Waals surface area contributed by atoms with Crippen molar-refractivity contribution in [3.05, 3.63) is 70.7 Å². The minimum absolute atomic E-state index is 0.0556. The molecule has 0 aromatic heterocycles. The summed E-state index contributed by atoms with van der Waals surface area (Å²) >= 11 is 5.90. The summed E-state index contributed by atoms with van der Waals surface area (Å²) in [5, 5.41) is 2.43. The van der Waals surface area contributed by atoms with E-state index in [1.54, 1.807) is 5.06 Å². The van der Waals surface area contributed by atoms with Crippen LogP contribution in [0.15, 0.2) is 54.6 Å². The Morgan fingerprint density at radius 1 is 1.10 bits per heavy atom. The molecule has 0 bridgehead atoms. The van der Waals surface area contributed by atoms with Crippen LogP contribution in [0, 0.1) is 0 Å². The Bertz CT molecular complexity index is 598. The van der Waals surface area contributed by atoms with Crippen molar-refractivity contribution in [2.75, 3.05) is 0 Å². The molecule has 3 nitrogen and oxygen atoms in total. The van der Waals surface area contributed by atoms with E-state index in [1.165, 1.54) is 0 Å². The second-order valence-electron chi connectivity index (χ2n) is 4.80. The lowest BCUT2D eigenvalue weighted by Crippen LogP contribution is -2.21. The van der Waals surface area contributed by atoms with Gasteiger partial charge in [-0.15, -0.1) is 5.06 Å². The maximum absolute atomic E-state index is 11.6. The summed E-state index contributed by atoms with van der Waals surface area (Å²) in [6.07, 6.45) is 0.370. The molecular formula is C16H14ClNO2. The minimum atomic E-state index is -0.194. The van der Waals surface area contributed by atoms with Crippen LogP contribution in [0.4, 0.5) is 0 Å². The Hall–Kier alpha value is -1.84. The summed E-state index contributed by atoms with van der Waals surface area (Å²) in [6, 6.07) is 17.4. The van der Waals surface area contributed by atoms with Gasteiger partial charge in [0.05, 0.1) is 19.0 Å². The van der Waals surface area contributed by atoms with Gasteiger partial charge in [-0.05, 0) is 23.3 Å². The molecule has 102 valence electrons. The molecule has 0 unspecified atom stereocenters. The van der Waals surface area contributed by atoms with Gasteiger partial charge in [-0.1, -0.05) is 54.1 Å². The highest BCUT2D eigenvalue weighted by Gasteiger charge is 2.33. The zero-order valence-corrected chi connectivity index (χ0v) is 11.6. The molecule has 1 heterocycles. The zero-order valence-electron chi connectivity index (χ0n) is 10.8. The summed E-state index contributed by atoms with van der Waals surface area (Å²) in [4.78, 5) is 16.9. The summed E-state index contributed by atoms with van der Waals surface area (Å²) in [5.74, 6) is -0.194. The van der Waals surface area contributed by atoms with Crippen LogP contribution in [0.2, 0.25) is 5.02 Å². The third kappa shape index (κ3) is 2.84. The molecule has 0 aliphatic carbocycles. The largest absolute Gasteiger partial charge is 0.367 e. The number of hydrogen-bond donors (Lipinski definition) is 0. The highest BCUT2D eigenvalue weighted by atomic mass is 35.5. The molecule has 0 saturated carbocycles. The zero-order chi connectivity index (χ0) is 13.9. The van der Waals surface area contributed by atoms with E-state index in [4.69, 9.17) is 16.4 Å². The van der Waals surface area contributed by atoms with E-state index in [1.807, 2.05) is 54.6 Å². The fraction of sp³-hybridized carbons (Fsp3) is 0.188. The van der Waals surface area contributed by atoms with Gasteiger partial charge in [-0.25, -0.2) is 0 Å². The highest BCUT2D eigenvalue weighted by Crippen LogP contribution is 2.32. The normalized spacial score (nSPS) is 19.1. The van der Waals surface area contributed by atoms with E-state index >= 15 is 0 Å². The van der Waals surface area contributed by atoms with Crippen LogP contribution in [0.5, 0.6) is 0 Å². The van der Waals surface area contributed by atoms with Gasteiger partial charge in [0.2, 0.25) is 0 Å². The van der Waals surface area contributed by atoms with Gasteiger partial charge in [-0.3, -0.25) is 4.79 Å². The van der Waals surface area contributed by atoms with E-state index in [-0.39, 0.29) is 12.0 Å². The Kier molecular flexibility index (Phi) is 3.72.